The molecule has 2 N–H and O–H groups in total. The fraction of sp³-hybridized carbons (Fsp3) is 0.385. The predicted octanol–water partition coefficient (Wildman–Crippen LogP) is 4.20. The van der Waals surface area contributed by atoms with Gasteiger partial charge in [-0.1, -0.05) is 24.2 Å². The maximum atomic E-state index is 14.7. The monoisotopic (exact) mass is 502 g/mol. The zero-order valence-electron chi connectivity index (χ0n) is 20.6. The van der Waals surface area contributed by atoms with Gasteiger partial charge in [0.05, 0.1) is 23.6 Å². The third kappa shape index (κ3) is 4.81. The Labute approximate surface area is 212 Å². The summed E-state index contributed by atoms with van der Waals surface area (Å²) >= 11 is 0. The molecule has 2 atom stereocenters. The van der Waals surface area contributed by atoms with E-state index in [1.807, 2.05) is 44.4 Å². The summed E-state index contributed by atoms with van der Waals surface area (Å²) in [5.41, 5.74) is 3.94. The molecular weight excluding hydrogens is 475 g/mol. The van der Waals surface area contributed by atoms with Crippen molar-refractivity contribution >= 4 is 17.5 Å². The van der Waals surface area contributed by atoms with E-state index in [9.17, 15) is 9.18 Å². The number of hydrogen-bond donors (Lipinski definition) is 2. The molecule has 0 aliphatic heterocycles. The molecule has 3 aromatic heterocycles. The van der Waals surface area contributed by atoms with Crippen LogP contribution in [0.1, 0.15) is 66.3 Å². The van der Waals surface area contributed by atoms with Crippen molar-refractivity contribution in [3.63, 3.8) is 0 Å². The molecule has 2 aliphatic carbocycles. The lowest BCUT2D eigenvalue weighted by atomic mass is 9.95. The van der Waals surface area contributed by atoms with Crippen molar-refractivity contribution in [2.75, 3.05) is 5.32 Å². The Morgan fingerprint density at radius 1 is 1.22 bits per heavy atom. The lowest BCUT2D eigenvalue weighted by molar-refractivity contribution is 0.0919. The summed E-state index contributed by atoms with van der Waals surface area (Å²) in [5, 5.41) is 14.2. The standard InChI is InChI=1S/C26H27FN8O2/c1-26(8-9-26)24-33-22(34-37-24)23(36)31-21-6-4-17(27)12-16-11-15(3-5-19(16)21)20-7-10-28-25(32-20)30-18-13-29-35(2)14-18/h3,5,7,10-11,13-14,17,21H,4,6,8-9,12H2,1-2H3,(H,31,36)(H,28,30,32)/t17-,21-/m1/s1. The molecule has 6 rings (SSSR count). The topological polar surface area (TPSA) is 124 Å². The second-order valence-electron chi connectivity index (χ2n) is 10.1. The van der Waals surface area contributed by atoms with E-state index in [-0.39, 0.29) is 23.7 Å². The van der Waals surface area contributed by atoms with Crippen molar-refractivity contribution in [1.82, 2.24) is 35.2 Å². The Bertz CT molecular complexity index is 1460. The molecule has 1 fully saturated rings. The van der Waals surface area contributed by atoms with Gasteiger partial charge in [0.2, 0.25) is 11.8 Å². The third-order valence-corrected chi connectivity index (χ3v) is 7.09. The molecule has 4 aromatic rings. The van der Waals surface area contributed by atoms with Crippen LogP contribution >= 0.6 is 0 Å². The lowest BCUT2D eigenvalue weighted by Crippen LogP contribution is -2.29. The highest BCUT2D eigenvalue weighted by Crippen LogP contribution is 2.46. The summed E-state index contributed by atoms with van der Waals surface area (Å²) in [4.78, 5) is 26.2. The van der Waals surface area contributed by atoms with Crippen molar-refractivity contribution < 1.29 is 13.7 Å². The van der Waals surface area contributed by atoms with Crippen LogP contribution in [-0.2, 0) is 18.9 Å². The molecule has 1 aromatic carbocycles. The van der Waals surface area contributed by atoms with Crippen LogP contribution in [0.4, 0.5) is 16.0 Å². The minimum absolute atomic E-state index is 0.0111. The van der Waals surface area contributed by atoms with E-state index in [2.05, 4.69) is 35.8 Å². The Hall–Kier alpha value is -4.15. The summed E-state index contributed by atoms with van der Waals surface area (Å²) in [6.45, 7) is 2.04. The van der Waals surface area contributed by atoms with E-state index >= 15 is 0 Å². The van der Waals surface area contributed by atoms with Crippen molar-refractivity contribution in [3.8, 4) is 11.3 Å². The molecule has 1 saturated carbocycles. The zero-order chi connectivity index (χ0) is 25.6. The quantitative estimate of drug-likeness (QED) is 0.376. The minimum Gasteiger partial charge on any atom is -0.342 e. The Morgan fingerprint density at radius 3 is 2.86 bits per heavy atom. The van der Waals surface area contributed by atoms with Crippen LogP contribution in [0, 0.1) is 0 Å². The molecule has 0 saturated heterocycles. The minimum atomic E-state index is -1.00. The summed E-state index contributed by atoms with van der Waals surface area (Å²) in [7, 11) is 1.83. The Morgan fingerprint density at radius 2 is 2.08 bits per heavy atom. The SMILES string of the molecule is Cn1cc(Nc2nccc(-c3ccc4c(c3)C[C@H](F)CC[C@H]4NC(=O)c3noc(C4(C)CC4)n3)n2)cn1. The van der Waals surface area contributed by atoms with Gasteiger partial charge in [-0.05, 0) is 48.9 Å². The number of anilines is 2. The first-order valence-electron chi connectivity index (χ1n) is 12.4. The molecule has 3 heterocycles. The van der Waals surface area contributed by atoms with Crippen LogP contribution in [-0.4, -0.2) is 42.0 Å². The van der Waals surface area contributed by atoms with Crippen molar-refractivity contribution in [1.29, 1.82) is 0 Å². The summed E-state index contributed by atoms with van der Waals surface area (Å²) in [5.74, 6) is 0.526. The molecule has 10 nitrogen and oxygen atoms in total. The van der Waals surface area contributed by atoms with Crippen LogP contribution < -0.4 is 10.6 Å². The van der Waals surface area contributed by atoms with E-state index < -0.39 is 12.1 Å². The number of halogens is 1. The number of aromatic nitrogens is 6. The molecule has 190 valence electrons. The van der Waals surface area contributed by atoms with E-state index in [1.165, 1.54) is 0 Å². The van der Waals surface area contributed by atoms with E-state index in [4.69, 9.17) is 4.52 Å². The second kappa shape index (κ2) is 9.06. The van der Waals surface area contributed by atoms with Gasteiger partial charge in [0.1, 0.15) is 6.17 Å². The number of hydrogen-bond acceptors (Lipinski definition) is 8. The van der Waals surface area contributed by atoms with Gasteiger partial charge in [0.25, 0.3) is 11.7 Å². The molecule has 1 amide bonds. The summed E-state index contributed by atoms with van der Waals surface area (Å²) in [6, 6.07) is 7.28. The van der Waals surface area contributed by atoms with Crippen LogP contribution in [0.2, 0.25) is 0 Å². The van der Waals surface area contributed by atoms with Gasteiger partial charge in [-0.15, -0.1) is 0 Å². The van der Waals surface area contributed by atoms with Gasteiger partial charge in [0.15, 0.2) is 0 Å². The van der Waals surface area contributed by atoms with Gasteiger partial charge in [0, 0.05) is 36.8 Å². The fourth-order valence-electron chi connectivity index (χ4n) is 4.66. The van der Waals surface area contributed by atoms with Gasteiger partial charge in [-0.2, -0.15) is 10.1 Å². The van der Waals surface area contributed by atoms with Crippen molar-refractivity contribution in [2.45, 2.75) is 56.7 Å². The van der Waals surface area contributed by atoms with Crippen LogP contribution in [0.25, 0.3) is 11.3 Å². The normalized spacial score (nSPS) is 20.1. The van der Waals surface area contributed by atoms with E-state index in [0.717, 1.165) is 35.2 Å². The fourth-order valence-corrected chi connectivity index (χ4v) is 4.66. The first-order chi connectivity index (χ1) is 17.9. The first kappa shape index (κ1) is 23.3. The number of benzene rings is 1. The van der Waals surface area contributed by atoms with Crippen molar-refractivity contribution in [2.24, 2.45) is 7.05 Å². The zero-order valence-corrected chi connectivity index (χ0v) is 20.6. The lowest BCUT2D eigenvalue weighted by Gasteiger charge is -2.19. The maximum absolute atomic E-state index is 14.7. The maximum Gasteiger partial charge on any atom is 0.293 e. The first-order valence-corrected chi connectivity index (χ1v) is 12.4. The van der Waals surface area contributed by atoms with Crippen LogP contribution in [0.3, 0.4) is 0 Å². The van der Waals surface area contributed by atoms with E-state index in [1.54, 1.807) is 17.1 Å². The molecule has 0 radical (unpaired) electrons. The van der Waals surface area contributed by atoms with Gasteiger partial charge < -0.3 is 15.2 Å². The Kier molecular flexibility index (Phi) is 5.69. The van der Waals surface area contributed by atoms with Crippen LogP contribution in [0.5, 0.6) is 0 Å². The number of carbonyl (C=O) groups is 1. The molecular formula is C26H27FN8O2. The number of nitrogens with one attached hydrogen (secondary N) is 2. The molecule has 0 bridgehead atoms. The number of alkyl halides is 1. The average Bonchev–Trinajstić information content (AvgIpc) is 3.28. The molecule has 0 spiro atoms. The number of amides is 1. The molecule has 11 heteroatoms. The highest BCUT2D eigenvalue weighted by molar-refractivity contribution is 5.90. The predicted molar refractivity (Wildman–Crippen MR) is 133 cm³/mol. The number of rotatable bonds is 6. The summed E-state index contributed by atoms with van der Waals surface area (Å²) in [6.07, 6.45) is 7.23. The summed E-state index contributed by atoms with van der Waals surface area (Å²) < 4.78 is 21.8. The number of nitrogens with zero attached hydrogens (tertiary/aromatic N) is 6. The van der Waals surface area contributed by atoms with Gasteiger partial charge in [-0.25, -0.2) is 14.4 Å². The highest BCUT2D eigenvalue weighted by atomic mass is 19.1. The number of carbonyl (C=O) groups excluding carboxylic acids is 1. The van der Waals surface area contributed by atoms with Crippen molar-refractivity contribution in [3.05, 3.63) is 65.7 Å². The average molecular weight is 503 g/mol. The largest absolute Gasteiger partial charge is 0.342 e. The van der Waals surface area contributed by atoms with Gasteiger partial charge >= 0.3 is 0 Å². The molecule has 37 heavy (non-hydrogen) atoms. The smallest absolute Gasteiger partial charge is 0.293 e. The third-order valence-electron chi connectivity index (χ3n) is 7.09. The highest BCUT2D eigenvalue weighted by Gasteiger charge is 2.45. The van der Waals surface area contributed by atoms with E-state index in [0.29, 0.717) is 30.4 Å². The number of aryl methyl sites for hydroxylation is 1. The van der Waals surface area contributed by atoms with Crippen LogP contribution in [0.15, 0.2) is 47.4 Å². The van der Waals surface area contributed by atoms with Gasteiger partial charge in [-0.3, -0.25) is 9.48 Å². The molecule has 2 aliphatic rings. The number of fused-ring (bicyclic) bond motifs is 1. The second-order valence-corrected chi connectivity index (χ2v) is 10.1. The molecule has 0 unspecified atom stereocenters. The Balaban J connectivity index is 1.24.